The van der Waals surface area contributed by atoms with Gasteiger partial charge in [-0.05, 0) is 18.9 Å². The third-order valence-corrected chi connectivity index (χ3v) is 5.05. The SMILES string of the molecule is Cc1nc(CS(=O)(=O)N[C@@H](Cc2ccccc2)C(=O)O)cs1. The molecule has 1 atom stereocenters. The lowest BCUT2D eigenvalue weighted by molar-refractivity contribution is -0.138. The summed E-state index contributed by atoms with van der Waals surface area (Å²) in [7, 11) is -3.77. The first-order chi connectivity index (χ1) is 10.4. The van der Waals surface area contributed by atoms with Crippen LogP contribution in [-0.4, -0.2) is 30.5 Å². The summed E-state index contributed by atoms with van der Waals surface area (Å²) in [6.45, 7) is 1.78. The Labute approximate surface area is 132 Å². The standard InChI is InChI=1S/C14H16N2O4S2/c1-10-15-12(8-21-10)9-22(19,20)16-13(14(17)18)7-11-5-3-2-4-6-11/h2-6,8,13,16H,7,9H2,1H3,(H,17,18)/t13-/m0/s1. The van der Waals surface area contributed by atoms with E-state index in [9.17, 15) is 18.3 Å². The molecule has 1 heterocycles. The van der Waals surface area contributed by atoms with Gasteiger partial charge in [0.2, 0.25) is 10.0 Å². The molecule has 2 rings (SSSR count). The molecular weight excluding hydrogens is 324 g/mol. The molecule has 6 nitrogen and oxygen atoms in total. The van der Waals surface area contributed by atoms with E-state index < -0.39 is 22.0 Å². The Bertz CT molecular complexity index is 741. The number of thiazole rings is 1. The molecule has 1 aromatic carbocycles. The number of nitrogens with one attached hydrogen (secondary N) is 1. The van der Waals surface area contributed by atoms with Gasteiger partial charge in [-0.2, -0.15) is 0 Å². The summed E-state index contributed by atoms with van der Waals surface area (Å²) in [5.41, 5.74) is 1.17. The first kappa shape index (κ1) is 16.6. The normalized spacial score (nSPS) is 13.0. The van der Waals surface area contributed by atoms with E-state index in [1.165, 1.54) is 11.3 Å². The zero-order valence-corrected chi connectivity index (χ0v) is 13.5. The molecule has 22 heavy (non-hydrogen) atoms. The molecule has 0 radical (unpaired) electrons. The van der Waals surface area contributed by atoms with Gasteiger partial charge in [0, 0.05) is 5.38 Å². The Kier molecular flexibility index (Phi) is 5.28. The van der Waals surface area contributed by atoms with Crippen molar-refractivity contribution in [3.05, 3.63) is 52.0 Å². The van der Waals surface area contributed by atoms with Crippen molar-refractivity contribution in [3.8, 4) is 0 Å². The molecular formula is C14H16N2O4S2. The molecule has 0 spiro atoms. The molecule has 0 bridgehead atoms. The van der Waals surface area contributed by atoms with Crippen molar-refractivity contribution in [1.29, 1.82) is 0 Å². The first-order valence-corrected chi connectivity index (χ1v) is 9.06. The van der Waals surface area contributed by atoms with Crippen LogP contribution in [0, 0.1) is 6.92 Å². The second kappa shape index (κ2) is 6.99. The summed E-state index contributed by atoms with van der Waals surface area (Å²) in [6, 6.07) is 7.68. The van der Waals surface area contributed by atoms with Gasteiger partial charge in [-0.3, -0.25) is 4.79 Å². The van der Waals surface area contributed by atoms with E-state index >= 15 is 0 Å². The number of hydrogen-bond donors (Lipinski definition) is 2. The minimum Gasteiger partial charge on any atom is -0.480 e. The maximum Gasteiger partial charge on any atom is 0.322 e. The second-order valence-electron chi connectivity index (χ2n) is 4.82. The molecule has 0 unspecified atom stereocenters. The number of carboxylic acid groups (broad SMARTS) is 1. The maximum absolute atomic E-state index is 12.1. The highest BCUT2D eigenvalue weighted by Crippen LogP contribution is 2.12. The zero-order valence-electron chi connectivity index (χ0n) is 11.9. The predicted molar refractivity (Wildman–Crippen MR) is 84.2 cm³/mol. The lowest BCUT2D eigenvalue weighted by Gasteiger charge is -2.14. The number of hydrogen-bond acceptors (Lipinski definition) is 5. The van der Waals surface area contributed by atoms with E-state index in [1.807, 2.05) is 6.07 Å². The first-order valence-electron chi connectivity index (χ1n) is 6.53. The van der Waals surface area contributed by atoms with Gasteiger partial charge < -0.3 is 5.11 Å². The smallest absolute Gasteiger partial charge is 0.322 e. The molecule has 2 aromatic rings. The summed E-state index contributed by atoms with van der Waals surface area (Å²) in [5, 5.41) is 11.6. The van der Waals surface area contributed by atoms with Crippen LogP contribution in [0.25, 0.3) is 0 Å². The highest BCUT2D eigenvalue weighted by atomic mass is 32.2. The quantitative estimate of drug-likeness (QED) is 0.797. The average molecular weight is 340 g/mol. The van der Waals surface area contributed by atoms with Gasteiger partial charge in [0.1, 0.15) is 11.8 Å². The third-order valence-electron chi connectivity index (χ3n) is 2.91. The van der Waals surface area contributed by atoms with Crippen molar-refractivity contribution in [2.75, 3.05) is 0 Å². The Morgan fingerprint density at radius 3 is 2.59 bits per heavy atom. The van der Waals surface area contributed by atoms with Crippen LogP contribution in [0.2, 0.25) is 0 Å². The number of nitrogens with zero attached hydrogens (tertiary/aromatic N) is 1. The van der Waals surface area contributed by atoms with Crippen LogP contribution >= 0.6 is 11.3 Å². The predicted octanol–water partition coefficient (Wildman–Crippen LogP) is 1.57. The van der Waals surface area contributed by atoms with Crippen LogP contribution in [-0.2, 0) is 27.0 Å². The van der Waals surface area contributed by atoms with Gasteiger partial charge in [-0.15, -0.1) is 11.3 Å². The number of benzene rings is 1. The minimum atomic E-state index is -3.77. The summed E-state index contributed by atoms with van der Waals surface area (Å²) in [4.78, 5) is 15.4. The fraction of sp³-hybridized carbons (Fsp3) is 0.286. The van der Waals surface area contributed by atoms with E-state index in [-0.39, 0.29) is 12.2 Å². The van der Waals surface area contributed by atoms with Gasteiger partial charge in [-0.1, -0.05) is 30.3 Å². The highest BCUT2D eigenvalue weighted by molar-refractivity contribution is 7.88. The Hall–Kier alpha value is -1.77. The molecule has 0 saturated carbocycles. The third kappa shape index (κ3) is 4.90. The molecule has 118 valence electrons. The van der Waals surface area contributed by atoms with Gasteiger partial charge in [-0.25, -0.2) is 18.1 Å². The Balaban J connectivity index is 2.08. The highest BCUT2D eigenvalue weighted by Gasteiger charge is 2.25. The fourth-order valence-electron chi connectivity index (χ4n) is 1.96. The fourth-order valence-corrected chi connectivity index (χ4v) is 3.91. The topological polar surface area (TPSA) is 96.4 Å². The lowest BCUT2D eigenvalue weighted by Crippen LogP contribution is -2.42. The number of sulfonamides is 1. The van der Waals surface area contributed by atoms with E-state index in [2.05, 4.69) is 9.71 Å². The van der Waals surface area contributed by atoms with Crippen molar-refractivity contribution in [2.45, 2.75) is 25.1 Å². The maximum atomic E-state index is 12.1. The van der Waals surface area contributed by atoms with Crippen molar-refractivity contribution in [2.24, 2.45) is 0 Å². The summed E-state index contributed by atoms with van der Waals surface area (Å²) >= 11 is 1.35. The number of aryl methyl sites for hydroxylation is 1. The minimum absolute atomic E-state index is 0.0888. The molecule has 0 aliphatic heterocycles. The van der Waals surface area contributed by atoms with E-state index in [4.69, 9.17) is 0 Å². The Morgan fingerprint density at radius 1 is 1.36 bits per heavy atom. The van der Waals surface area contributed by atoms with E-state index in [1.54, 1.807) is 36.6 Å². The largest absolute Gasteiger partial charge is 0.480 e. The molecule has 2 N–H and O–H groups in total. The van der Waals surface area contributed by atoms with Crippen LogP contribution in [0.4, 0.5) is 0 Å². The summed E-state index contributed by atoms with van der Waals surface area (Å²) < 4.78 is 26.4. The number of aromatic nitrogens is 1. The molecule has 8 heteroatoms. The number of carboxylic acids is 1. The van der Waals surface area contributed by atoms with E-state index in [0.717, 1.165) is 10.6 Å². The van der Waals surface area contributed by atoms with Crippen LogP contribution in [0.5, 0.6) is 0 Å². The lowest BCUT2D eigenvalue weighted by atomic mass is 10.1. The molecule has 0 aliphatic rings. The number of aliphatic carboxylic acids is 1. The average Bonchev–Trinajstić information content (AvgIpc) is 2.83. The van der Waals surface area contributed by atoms with E-state index in [0.29, 0.717) is 5.69 Å². The van der Waals surface area contributed by atoms with Gasteiger partial charge in [0.25, 0.3) is 0 Å². The van der Waals surface area contributed by atoms with Crippen LogP contribution < -0.4 is 4.72 Å². The van der Waals surface area contributed by atoms with Gasteiger partial charge >= 0.3 is 5.97 Å². The zero-order chi connectivity index (χ0) is 16.2. The van der Waals surface area contributed by atoms with Crippen LogP contribution in [0.1, 0.15) is 16.3 Å². The molecule has 0 amide bonds. The summed E-state index contributed by atoms with van der Waals surface area (Å²) in [5.74, 6) is -1.53. The Morgan fingerprint density at radius 2 is 2.05 bits per heavy atom. The van der Waals surface area contributed by atoms with Crippen molar-refractivity contribution >= 4 is 27.3 Å². The van der Waals surface area contributed by atoms with Crippen LogP contribution in [0.15, 0.2) is 35.7 Å². The summed E-state index contributed by atoms with van der Waals surface area (Å²) in [6.07, 6.45) is 0.0888. The van der Waals surface area contributed by atoms with Crippen molar-refractivity contribution < 1.29 is 18.3 Å². The molecule has 0 saturated heterocycles. The molecule has 0 aliphatic carbocycles. The second-order valence-corrected chi connectivity index (χ2v) is 7.63. The van der Waals surface area contributed by atoms with Crippen LogP contribution in [0.3, 0.4) is 0 Å². The molecule has 1 aromatic heterocycles. The number of carbonyl (C=O) groups is 1. The van der Waals surface area contributed by atoms with Gasteiger partial charge in [0.15, 0.2) is 0 Å². The van der Waals surface area contributed by atoms with Gasteiger partial charge in [0.05, 0.1) is 10.7 Å². The number of rotatable bonds is 7. The van der Waals surface area contributed by atoms with Crippen molar-refractivity contribution in [3.63, 3.8) is 0 Å². The monoisotopic (exact) mass is 340 g/mol. The van der Waals surface area contributed by atoms with Crippen molar-refractivity contribution in [1.82, 2.24) is 9.71 Å². The molecule has 0 fully saturated rings.